The van der Waals surface area contributed by atoms with Gasteiger partial charge in [0, 0.05) is 44.1 Å². The quantitative estimate of drug-likeness (QED) is 0.393. The van der Waals surface area contributed by atoms with Crippen molar-refractivity contribution in [3.63, 3.8) is 0 Å². The first-order valence-corrected chi connectivity index (χ1v) is 11.1. The summed E-state index contributed by atoms with van der Waals surface area (Å²) in [6.45, 7) is 3.50. The van der Waals surface area contributed by atoms with Crippen molar-refractivity contribution in [1.29, 1.82) is 0 Å². The highest BCUT2D eigenvalue weighted by Crippen LogP contribution is 2.33. The van der Waals surface area contributed by atoms with Crippen molar-refractivity contribution in [3.8, 4) is 11.5 Å². The molecule has 0 spiro atoms. The molecule has 6 rings (SSSR count). The molecule has 0 unspecified atom stereocenters. The predicted octanol–water partition coefficient (Wildman–Crippen LogP) is 3.06. The Morgan fingerprint density at radius 1 is 1.00 bits per heavy atom. The maximum atomic E-state index is 6.52. The van der Waals surface area contributed by atoms with Crippen molar-refractivity contribution in [2.24, 2.45) is 0 Å². The third kappa shape index (κ3) is 4.02. The molecule has 1 fully saturated rings. The molecule has 0 bridgehead atoms. The van der Waals surface area contributed by atoms with Crippen molar-refractivity contribution in [3.05, 3.63) is 60.4 Å². The highest BCUT2D eigenvalue weighted by atomic mass is 35.5. The lowest BCUT2D eigenvalue weighted by Crippen LogP contribution is -2.44. The lowest BCUT2D eigenvalue weighted by atomic mass is 10.3. The number of hydrogen-bond donors (Lipinski definition) is 2. The molecule has 11 nitrogen and oxygen atoms in total. The minimum atomic E-state index is 0.445. The Bertz CT molecular complexity index is 1480. The molecule has 1 saturated heterocycles. The second-order valence-electron chi connectivity index (χ2n) is 7.66. The van der Waals surface area contributed by atoms with Gasteiger partial charge in [0.1, 0.15) is 35.2 Å². The zero-order chi connectivity index (χ0) is 22.9. The van der Waals surface area contributed by atoms with Crippen molar-refractivity contribution in [2.45, 2.75) is 0 Å². The number of pyridine rings is 1. The van der Waals surface area contributed by atoms with Crippen molar-refractivity contribution < 1.29 is 4.74 Å². The number of anilines is 3. The maximum Gasteiger partial charge on any atom is 0.226 e. The van der Waals surface area contributed by atoms with Gasteiger partial charge in [0.2, 0.25) is 5.95 Å². The molecule has 0 radical (unpaired) electrons. The van der Waals surface area contributed by atoms with Crippen LogP contribution in [0.25, 0.3) is 16.7 Å². The number of fused-ring (bicyclic) bond motifs is 2. The molecule has 170 valence electrons. The molecule has 12 heteroatoms. The summed E-state index contributed by atoms with van der Waals surface area (Å²) in [5.41, 5.74) is 2.73. The van der Waals surface area contributed by atoms with Gasteiger partial charge in [-0.15, -0.1) is 0 Å². The number of aromatic nitrogens is 7. The number of rotatable bonds is 5. The molecular formula is C22H19ClN10O. The van der Waals surface area contributed by atoms with Gasteiger partial charge in [-0.2, -0.15) is 5.10 Å². The van der Waals surface area contributed by atoms with Crippen LogP contribution in [0.3, 0.4) is 0 Å². The molecule has 1 aliphatic rings. The summed E-state index contributed by atoms with van der Waals surface area (Å²) in [5.74, 6) is 2.37. The molecule has 0 atom stereocenters. The predicted molar refractivity (Wildman–Crippen MR) is 128 cm³/mol. The fraction of sp³-hybridized carbons (Fsp3) is 0.182. The third-order valence-electron chi connectivity index (χ3n) is 5.44. The second kappa shape index (κ2) is 8.69. The van der Waals surface area contributed by atoms with Crippen LogP contribution < -0.4 is 20.3 Å². The minimum absolute atomic E-state index is 0.445. The largest absolute Gasteiger partial charge is 0.456 e. The van der Waals surface area contributed by atoms with E-state index in [9.17, 15) is 0 Å². The normalized spacial score (nSPS) is 14.0. The molecule has 34 heavy (non-hydrogen) atoms. The van der Waals surface area contributed by atoms with E-state index in [1.165, 1.54) is 12.7 Å². The van der Waals surface area contributed by atoms with Gasteiger partial charge in [0.15, 0.2) is 11.5 Å². The van der Waals surface area contributed by atoms with Gasteiger partial charge < -0.3 is 20.3 Å². The minimum Gasteiger partial charge on any atom is -0.456 e. The van der Waals surface area contributed by atoms with Crippen LogP contribution in [-0.4, -0.2) is 60.7 Å². The van der Waals surface area contributed by atoms with E-state index in [1.54, 1.807) is 41.2 Å². The summed E-state index contributed by atoms with van der Waals surface area (Å²) in [5, 5.41) is 11.2. The van der Waals surface area contributed by atoms with E-state index in [-0.39, 0.29) is 0 Å². The molecule has 0 amide bonds. The molecule has 2 N–H and O–H groups in total. The number of halogens is 1. The molecule has 0 saturated carbocycles. The van der Waals surface area contributed by atoms with Crippen LogP contribution in [0.2, 0.25) is 5.02 Å². The van der Waals surface area contributed by atoms with Crippen LogP contribution in [-0.2, 0) is 0 Å². The van der Waals surface area contributed by atoms with Gasteiger partial charge in [-0.25, -0.2) is 29.4 Å². The van der Waals surface area contributed by atoms with Crippen molar-refractivity contribution >= 4 is 45.7 Å². The van der Waals surface area contributed by atoms with Crippen LogP contribution >= 0.6 is 11.6 Å². The highest BCUT2D eigenvalue weighted by Gasteiger charge is 2.16. The Kier molecular flexibility index (Phi) is 5.24. The first-order chi connectivity index (χ1) is 16.7. The van der Waals surface area contributed by atoms with Gasteiger partial charge in [0.05, 0.1) is 11.2 Å². The molecular weight excluding hydrogens is 456 g/mol. The van der Waals surface area contributed by atoms with Crippen molar-refractivity contribution in [2.75, 3.05) is 36.4 Å². The van der Waals surface area contributed by atoms with E-state index in [4.69, 9.17) is 21.3 Å². The fourth-order valence-electron chi connectivity index (χ4n) is 3.74. The molecule has 1 aromatic carbocycles. The topological polar surface area (TPSA) is 118 Å². The average molecular weight is 475 g/mol. The molecule has 5 heterocycles. The molecule has 0 aliphatic carbocycles. The Morgan fingerprint density at radius 3 is 2.79 bits per heavy atom. The monoisotopic (exact) mass is 474 g/mol. The van der Waals surface area contributed by atoms with Crippen LogP contribution in [0.4, 0.5) is 17.5 Å². The number of piperazine rings is 1. The van der Waals surface area contributed by atoms with Gasteiger partial charge in [-0.05, 0) is 24.3 Å². The van der Waals surface area contributed by atoms with Crippen LogP contribution in [0.15, 0.2) is 55.4 Å². The Hall–Kier alpha value is -4.09. The van der Waals surface area contributed by atoms with Gasteiger partial charge in [0.25, 0.3) is 0 Å². The standard InChI is InChI=1S/C22H19ClN10O/c23-16-9-14(1-2-18(16)34-15-3-6-33-19(10-15)27-13-29-33)30-21-20-17(26-12-28-21)11-25-22(31-20)32-7-4-24-5-8-32/h1-3,6,9-13,24H,4-5,7-8H2,(H,26,28,30). The lowest BCUT2D eigenvalue weighted by molar-refractivity contribution is 0.482. The SMILES string of the molecule is Clc1cc(Nc2ncnc3cnc(N4CCNCC4)nc23)ccc1Oc1ccn2ncnc2c1. The number of ether oxygens (including phenoxy) is 1. The Balaban J connectivity index is 1.25. The first kappa shape index (κ1) is 20.5. The average Bonchev–Trinajstić information content (AvgIpc) is 3.34. The van der Waals surface area contributed by atoms with Gasteiger partial charge in [-0.1, -0.05) is 11.6 Å². The van der Waals surface area contributed by atoms with E-state index in [1.807, 2.05) is 6.07 Å². The van der Waals surface area contributed by atoms with E-state index in [2.05, 4.69) is 40.6 Å². The first-order valence-electron chi connectivity index (χ1n) is 10.7. The summed E-state index contributed by atoms with van der Waals surface area (Å²) in [7, 11) is 0. The summed E-state index contributed by atoms with van der Waals surface area (Å²) < 4.78 is 7.60. The highest BCUT2D eigenvalue weighted by molar-refractivity contribution is 6.32. The van der Waals surface area contributed by atoms with Crippen LogP contribution in [0.1, 0.15) is 0 Å². The van der Waals surface area contributed by atoms with E-state index in [0.717, 1.165) is 31.9 Å². The number of benzene rings is 1. The van der Waals surface area contributed by atoms with Crippen molar-refractivity contribution in [1.82, 2.24) is 39.9 Å². The lowest BCUT2D eigenvalue weighted by Gasteiger charge is -2.27. The maximum absolute atomic E-state index is 6.52. The van der Waals surface area contributed by atoms with Crippen LogP contribution in [0.5, 0.6) is 11.5 Å². The summed E-state index contributed by atoms with van der Waals surface area (Å²) >= 11 is 6.52. The van der Waals surface area contributed by atoms with Gasteiger partial charge in [-0.3, -0.25) is 0 Å². The zero-order valence-electron chi connectivity index (χ0n) is 17.9. The second-order valence-corrected chi connectivity index (χ2v) is 8.07. The van der Waals surface area contributed by atoms with E-state index in [0.29, 0.717) is 45.0 Å². The number of hydrogen-bond acceptors (Lipinski definition) is 10. The zero-order valence-corrected chi connectivity index (χ0v) is 18.6. The molecule has 4 aromatic heterocycles. The summed E-state index contributed by atoms with van der Waals surface area (Å²) in [6, 6.07) is 9.02. The molecule has 5 aromatic rings. The smallest absolute Gasteiger partial charge is 0.226 e. The Morgan fingerprint density at radius 2 is 1.91 bits per heavy atom. The number of nitrogens with zero attached hydrogens (tertiary/aromatic N) is 8. The van der Waals surface area contributed by atoms with E-state index >= 15 is 0 Å². The third-order valence-corrected chi connectivity index (χ3v) is 5.73. The van der Waals surface area contributed by atoms with E-state index < -0.39 is 0 Å². The summed E-state index contributed by atoms with van der Waals surface area (Å²) in [4.78, 5) is 24.2. The summed E-state index contributed by atoms with van der Waals surface area (Å²) in [6.07, 6.45) is 6.47. The van der Waals surface area contributed by atoms with Gasteiger partial charge >= 0.3 is 0 Å². The van der Waals surface area contributed by atoms with Crippen LogP contribution in [0, 0.1) is 0 Å². The fourth-order valence-corrected chi connectivity index (χ4v) is 3.96. The Labute approximate surface area is 198 Å². The number of nitrogens with one attached hydrogen (secondary N) is 2. The molecule has 1 aliphatic heterocycles.